The highest BCUT2D eigenvalue weighted by molar-refractivity contribution is 7.95. The molecule has 0 aliphatic heterocycles. The Hall–Kier alpha value is -2.34. The first kappa shape index (κ1) is 22.0. The highest BCUT2D eigenvalue weighted by Crippen LogP contribution is 2.33. The molecule has 2 aromatic carbocycles. The molecule has 10 heteroatoms. The Morgan fingerprint density at radius 1 is 1.21 bits per heavy atom. The Balaban J connectivity index is 2.53. The van der Waals surface area contributed by atoms with E-state index in [1.807, 2.05) is 0 Å². The van der Waals surface area contributed by atoms with E-state index < -0.39 is 21.4 Å². The minimum atomic E-state index is -4.27. The first-order chi connectivity index (χ1) is 13.2. The van der Waals surface area contributed by atoms with Gasteiger partial charge in [0, 0.05) is 5.02 Å². The lowest BCUT2D eigenvalue weighted by atomic mass is 10.2. The molecular weight excluding hydrogens is 435 g/mol. The largest absolute Gasteiger partial charge is 0.490 e. The van der Waals surface area contributed by atoms with Crippen LogP contribution in [-0.2, 0) is 9.84 Å². The Bertz CT molecular complexity index is 1050. The lowest BCUT2D eigenvalue weighted by molar-refractivity contribution is -0.0514. The third-order valence-corrected chi connectivity index (χ3v) is 5.75. The molecule has 2 rings (SSSR count). The fourth-order valence-corrected chi connectivity index (χ4v) is 4.11. The van der Waals surface area contributed by atoms with Crippen molar-refractivity contribution in [3.8, 4) is 17.6 Å². The molecule has 0 unspecified atom stereocenters. The minimum absolute atomic E-state index is 0.0213. The number of halogens is 4. The van der Waals surface area contributed by atoms with Crippen LogP contribution in [0.1, 0.15) is 12.5 Å². The van der Waals surface area contributed by atoms with Crippen LogP contribution in [-0.4, -0.2) is 21.6 Å². The van der Waals surface area contributed by atoms with Gasteiger partial charge in [0.2, 0.25) is 9.84 Å². The molecule has 5 nitrogen and oxygen atoms in total. The summed E-state index contributed by atoms with van der Waals surface area (Å²) < 4.78 is 60.1. The Morgan fingerprint density at radius 2 is 1.93 bits per heavy atom. The molecule has 148 valence electrons. The number of nitriles is 1. The van der Waals surface area contributed by atoms with Crippen LogP contribution in [0.15, 0.2) is 46.2 Å². The van der Waals surface area contributed by atoms with Crippen molar-refractivity contribution in [3.63, 3.8) is 0 Å². The smallest absolute Gasteiger partial charge is 0.387 e. The van der Waals surface area contributed by atoms with Crippen molar-refractivity contribution < 1.29 is 26.7 Å². The summed E-state index contributed by atoms with van der Waals surface area (Å²) in [7, 11) is -4.27. The Morgan fingerprint density at radius 3 is 2.54 bits per heavy atom. The van der Waals surface area contributed by atoms with E-state index in [-0.39, 0.29) is 38.6 Å². The average molecular weight is 448 g/mol. The van der Waals surface area contributed by atoms with Gasteiger partial charge in [-0.05, 0) is 48.9 Å². The van der Waals surface area contributed by atoms with Gasteiger partial charge in [0.25, 0.3) is 0 Å². The van der Waals surface area contributed by atoms with Crippen LogP contribution < -0.4 is 9.47 Å². The maximum absolute atomic E-state index is 12.8. The summed E-state index contributed by atoms with van der Waals surface area (Å²) in [6.07, 6.45) is 1.07. The number of allylic oxidation sites excluding steroid dienone is 1. The zero-order valence-corrected chi connectivity index (χ0v) is 16.7. The van der Waals surface area contributed by atoms with Gasteiger partial charge in [-0.3, -0.25) is 0 Å². The first-order valence-electron chi connectivity index (χ1n) is 7.72. The van der Waals surface area contributed by atoms with Crippen LogP contribution in [0.2, 0.25) is 10.0 Å². The van der Waals surface area contributed by atoms with E-state index in [1.54, 1.807) is 13.0 Å². The number of hydrogen-bond donors (Lipinski definition) is 0. The maximum Gasteiger partial charge on any atom is 0.387 e. The molecule has 0 bridgehead atoms. The molecule has 28 heavy (non-hydrogen) atoms. The van der Waals surface area contributed by atoms with E-state index >= 15 is 0 Å². The Kier molecular flexibility index (Phi) is 7.24. The normalized spacial score (nSPS) is 12.0. The van der Waals surface area contributed by atoms with Gasteiger partial charge in [0.1, 0.15) is 11.0 Å². The van der Waals surface area contributed by atoms with E-state index in [4.69, 9.17) is 27.9 Å². The molecule has 0 N–H and O–H groups in total. The van der Waals surface area contributed by atoms with Crippen molar-refractivity contribution in [2.75, 3.05) is 6.61 Å². The minimum Gasteiger partial charge on any atom is -0.490 e. The van der Waals surface area contributed by atoms with Crippen molar-refractivity contribution >= 4 is 39.1 Å². The lowest BCUT2D eigenvalue weighted by Crippen LogP contribution is -2.05. The van der Waals surface area contributed by atoms with Gasteiger partial charge in [0.15, 0.2) is 11.5 Å². The molecule has 0 atom stereocenters. The van der Waals surface area contributed by atoms with E-state index in [0.717, 1.165) is 12.1 Å². The fourth-order valence-electron chi connectivity index (χ4n) is 2.20. The zero-order valence-electron chi connectivity index (χ0n) is 14.3. The van der Waals surface area contributed by atoms with Gasteiger partial charge < -0.3 is 9.47 Å². The number of hydrogen-bond acceptors (Lipinski definition) is 5. The molecule has 0 heterocycles. The van der Waals surface area contributed by atoms with Crippen molar-refractivity contribution in [1.29, 1.82) is 5.26 Å². The molecule has 0 saturated carbocycles. The lowest BCUT2D eigenvalue weighted by Gasteiger charge is -2.12. The van der Waals surface area contributed by atoms with Gasteiger partial charge in [0.05, 0.1) is 16.5 Å². The second kappa shape index (κ2) is 9.24. The average Bonchev–Trinajstić information content (AvgIpc) is 2.63. The molecule has 2 aromatic rings. The van der Waals surface area contributed by atoms with Crippen LogP contribution in [0.5, 0.6) is 11.5 Å². The maximum atomic E-state index is 12.8. The molecule has 0 aromatic heterocycles. The number of ether oxygens (including phenoxy) is 2. The topological polar surface area (TPSA) is 76.4 Å². The van der Waals surface area contributed by atoms with E-state index in [0.29, 0.717) is 0 Å². The van der Waals surface area contributed by atoms with Gasteiger partial charge in [-0.2, -0.15) is 14.0 Å². The quantitative estimate of drug-likeness (QED) is 0.535. The second-order valence-electron chi connectivity index (χ2n) is 5.22. The number of rotatable bonds is 7. The summed E-state index contributed by atoms with van der Waals surface area (Å²) >= 11 is 11.8. The Labute approximate surface area is 170 Å². The van der Waals surface area contributed by atoms with Crippen LogP contribution in [0, 0.1) is 11.3 Å². The van der Waals surface area contributed by atoms with Crippen LogP contribution >= 0.6 is 23.2 Å². The predicted octanol–water partition coefficient (Wildman–Crippen LogP) is 5.33. The van der Waals surface area contributed by atoms with Crippen molar-refractivity contribution in [2.24, 2.45) is 0 Å². The summed E-state index contributed by atoms with van der Waals surface area (Å²) in [6, 6.07) is 9.25. The van der Waals surface area contributed by atoms with Crippen LogP contribution in [0.4, 0.5) is 8.78 Å². The molecule has 0 saturated heterocycles. The SMILES string of the molecule is CCOc1cc(/C=C(\C#N)S(=O)(=O)c2cc(Cl)ccc2Cl)ccc1OC(F)F. The molecule has 0 radical (unpaired) electrons. The number of sulfone groups is 1. The molecule has 0 amide bonds. The molecule has 0 spiro atoms. The van der Waals surface area contributed by atoms with Gasteiger partial charge >= 0.3 is 6.61 Å². The monoisotopic (exact) mass is 447 g/mol. The summed E-state index contributed by atoms with van der Waals surface area (Å²) in [5, 5.41) is 9.40. The summed E-state index contributed by atoms with van der Waals surface area (Å²) in [5.74, 6) is -0.236. The highest BCUT2D eigenvalue weighted by atomic mass is 35.5. The number of alkyl halides is 2. The fraction of sp³-hybridized carbons (Fsp3) is 0.167. The number of nitrogens with zero attached hydrogens (tertiary/aromatic N) is 1. The standard InChI is InChI=1S/C18H13Cl2F2NO4S/c1-2-26-16-8-11(3-6-15(16)27-18(21)22)7-13(10-23)28(24,25)17-9-12(19)4-5-14(17)20/h3-9,18H,2H2,1H3/b13-7+. The summed E-state index contributed by atoms with van der Waals surface area (Å²) in [4.78, 5) is -0.932. The number of benzene rings is 2. The molecule has 0 fully saturated rings. The van der Waals surface area contributed by atoms with Crippen LogP contribution in [0.25, 0.3) is 6.08 Å². The van der Waals surface area contributed by atoms with Crippen molar-refractivity contribution in [1.82, 2.24) is 0 Å². The third-order valence-electron chi connectivity index (χ3n) is 3.36. The second-order valence-corrected chi connectivity index (χ2v) is 7.95. The van der Waals surface area contributed by atoms with Crippen molar-refractivity contribution in [3.05, 3.63) is 56.9 Å². The van der Waals surface area contributed by atoms with Gasteiger partial charge in [-0.1, -0.05) is 29.3 Å². The van der Waals surface area contributed by atoms with E-state index in [2.05, 4.69) is 4.74 Å². The van der Waals surface area contributed by atoms with Gasteiger partial charge in [-0.25, -0.2) is 8.42 Å². The zero-order chi connectivity index (χ0) is 20.9. The van der Waals surface area contributed by atoms with E-state index in [9.17, 15) is 22.5 Å². The van der Waals surface area contributed by atoms with Crippen LogP contribution in [0.3, 0.4) is 0 Å². The third kappa shape index (κ3) is 5.13. The summed E-state index contributed by atoms with van der Waals surface area (Å²) in [5.41, 5.74) is 0.225. The molecule has 0 aliphatic carbocycles. The van der Waals surface area contributed by atoms with Gasteiger partial charge in [-0.15, -0.1) is 0 Å². The predicted molar refractivity (Wildman–Crippen MR) is 101 cm³/mol. The van der Waals surface area contributed by atoms with Crippen molar-refractivity contribution in [2.45, 2.75) is 18.4 Å². The van der Waals surface area contributed by atoms with E-state index in [1.165, 1.54) is 30.3 Å². The highest BCUT2D eigenvalue weighted by Gasteiger charge is 2.24. The molecule has 0 aliphatic rings. The first-order valence-corrected chi connectivity index (χ1v) is 9.96. The summed E-state index contributed by atoms with van der Waals surface area (Å²) in [6.45, 7) is -1.25. The molecular formula is C18H13Cl2F2NO4S.